The number of anilines is 1. The largest absolute Gasteiger partial charge is 0.481 e. The molecule has 7 heteroatoms. The van der Waals surface area contributed by atoms with Gasteiger partial charge in [0.2, 0.25) is 5.13 Å². The van der Waals surface area contributed by atoms with Crippen molar-refractivity contribution in [3.63, 3.8) is 0 Å². The Kier molecular flexibility index (Phi) is 6.14. The number of aryl methyl sites for hydroxylation is 2. The molecule has 140 valence electrons. The molecule has 3 rings (SSSR count). The van der Waals surface area contributed by atoms with E-state index in [1.165, 1.54) is 30.6 Å². The summed E-state index contributed by atoms with van der Waals surface area (Å²) in [7, 11) is 0. The monoisotopic (exact) mass is 393 g/mol. The van der Waals surface area contributed by atoms with Crippen LogP contribution in [0.15, 0.2) is 12.1 Å². The lowest BCUT2D eigenvalue weighted by Gasteiger charge is -2.18. The van der Waals surface area contributed by atoms with E-state index >= 15 is 0 Å². The molecular formula is C19H24ClN3O2S. The number of nitrogens with one attached hydrogen (secondary N) is 1. The summed E-state index contributed by atoms with van der Waals surface area (Å²) < 4.78 is 5.77. The summed E-state index contributed by atoms with van der Waals surface area (Å²) in [5.74, 6) is 0.884. The van der Waals surface area contributed by atoms with E-state index < -0.39 is 6.10 Å². The third-order valence-corrected chi connectivity index (χ3v) is 6.31. The molecule has 1 atom stereocenters. The second-order valence-electron chi connectivity index (χ2n) is 6.90. The van der Waals surface area contributed by atoms with Crippen LogP contribution in [-0.2, 0) is 4.79 Å². The number of rotatable bonds is 5. The standard InChI is InChI=1S/C19H24ClN3O2S/c1-11-9-15(10-12(2)16(11)20)25-13(3)17(24)21-19-23-22-18(26-19)14-7-5-4-6-8-14/h9-10,13-14H,4-8H2,1-3H3,(H,21,23,24)/t13-/m0/s1. The van der Waals surface area contributed by atoms with Gasteiger partial charge in [0.05, 0.1) is 0 Å². The van der Waals surface area contributed by atoms with E-state index in [1.807, 2.05) is 26.0 Å². The minimum atomic E-state index is -0.642. The van der Waals surface area contributed by atoms with Gasteiger partial charge in [-0.25, -0.2) is 0 Å². The topological polar surface area (TPSA) is 64.1 Å². The van der Waals surface area contributed by atoms with E-state index in [4.69, 9.17) is 16.3 Å². The van der Waals surface area contributed by atoms with Crippen LogP contribution in [0.5, 0.6) is 5.75 Å². The van der Waals surface area contributed by atoms with Crippen molar-refractivity contribution in [1.29, 1.82) is 0 Å². The molecule has 0 saturated heterocycles. The van der Waals surface area contributed by atoms with Crippen LogP contribution in [0.1, 0.15) is 61.1 Å². The number of ether oxygens (including phenoxy) is 1. The van der Waals surface area contributed by atoms with Gasteiger partial charge >= 0.3 is 0 Å². The lowest BCUT2D eigenvalue weighted by Crippen LogP contribution is -2.30. The van der Waals surface area contributed by atoms with E-state index in [-0.39, 0.29) is 5.91 Å². The fourth-order valence-electron chi connectivity index (χ4n) is 3.24. The Morgan fingerprint density at radius 1 is 1.23 bits per heavy atom. The van der Waals surface area contributed by atoms with Gasteiger partial charge in [-0.1, -0.05) is 42.2 Å². The highest BCUT2D eigenvalue weighted by Gasteiger charge is 2.22. The molecule has 1 saturated carbocycles. The maximum Gasteiger partial charge on any atom is 0.266 e. The van der Waals surface area contributed by atoms with Crippen LogP contribution in [0.3, 0.4) is 0 Å². The molecule has 2 aromatic rings. The van der Waals surface area contributed by atoms with Crippen molar-refractivity contribution < 1.29 is 9.53 Å². The lowest BCUT2D eigenvalue weighted by atomic mass is 9.90. The summed E-state index contributed by atoms with van der Waals surface area (Å²) >= 11 is 7.64. The van der Waals surface area contributed by atoms with E-state index in [9.17, 15) is 4.79 Å². The quantitative estimate of drug-likeness (QED) is 0.752. The molecule has 1 heterocycles. The number of carbonyl (C=O) groups excluding carboxylic acids is 1. The predicted octanol–water partition coefficient (Wildman–Crippen LogP) is 5.26. The van der Waals surface area contributed by atoms with Gasteiger partial charge in [0, 0.05) is 10.9 Å². The van der Waals surface area contributed by atoms with Gasteiger partial charge in [-0.3, -0.25) is 10.1 Å². The molecule has 1 N–H and O–H groups in total. The normalized spacial score (nSPS) is 16.3. The first-order valence-corrected chi connectivity index (χ1v) is 10.2. The SMILES string of the molecule is Cc1cc(O[C@@H](C)C(=O)Nc2nnc(C3CCCCC3)s2)cc(C)c1Cl. The Balaban J connectivity index is 1.60. The maximum atomic E-state index is 12.4. The zero-order chi connectivity index (χ0) is 18.7. The molecule has 0 unspecified atom stereocenters. The first-order chi connectivity index (χ1) is 12.4. The van der Waals surface area contributed by atoms with Crippen molar-refractivity contribution in [1.82, 2.24) is 10.2 Å². The summed E-state index contributed by atoms with van der Waals surface area (Å²) in [5, 5.41) is 13.5. The van der Waals surface area contributed by atoms with Crippen molar-refractivity contribution in [3.8, 4) is 5.75 Å². The van der Waals surface area contributed by atoms with Crippen LogP contribution in [0.4, 0.5) is 5.13 Å². The van der Waals surface area contributed by atoms with Crippen LogP contribution >= 0.6 is 22.9 Å². The number of nitrogens with zero attached hydrogens (tertiary/aromatic N) is 2. The lowest BCUT2D eigenvalue weighted by molar-refractivity contribution is -0.122. The summed E-state index contributed by atoms with van der Waals surface area (Å²) in [6, 6.07) is 3.68. The molecule has 1 fully saturated rings. The van der Waals surface area contributed by atoms with Crippen LogP contribution < -0.4 is 10.1 Å². The number of benzene rings is 1. The molecular weight excluding hydrogens is 370 g/mol. The molecule has 1 aliphatic rings. The van der Waals surface area contributed by atoms with Crippen molar-refractivity contribution in [2.75, 3.05) is 5.32 Å². The molecule has 0 aliphatic heterocycles. The van der Waals surface area contributed by atoms with Gasteiger partial charge in [-0.05, 0) is 56.9 Å². The Morgan fingerprint density at radius 2 is 1.88 bits per heavy atom. The Bertz CT molecular complexity index is 764. The van der Waals surface area contributed by atoms with Gasteiger partial charge in [-0.2, -0.15) is 0 Å². The Hall–Kier alpha value is -1.66. The van der Waals surface area contributed by atoms with Crippen LogP contribution in [0.2, 0.25) is 5.02 Å². The highest BCUT2D eigenvalue weighted by molar-refractivity contribution is 7.15. The zero-order valence-corrected chi connectivity index (χ0v) is 16.9. The first kappa shape index (κ1) is 19.1. The smallest absolute Gasteiger partial charge is 0.266 e. The average Bonchev–Trinajstić information content (AvgIpc) is 3.08. The minimum absolute atomic E-state index is 0.235. The van der Waals surface area contributed by atoms with E-state index in [0.717, 1.165) is 34.0 Å². The number of hydrogen-bond acceptors (Lipinski definition) is 5. The van der Waals surface area contributed by atoms with Crippen molar-refractivity contribution in [2.45, 2.75) is 64.9 Å². The van der Waals surface area contributed by atoms with E-state index in [2.05, 4.69) is 15.5 Å². The molecule has 1 amide bonds. The highest BCUT2D eigenvalue weighted by atomic mass is 35.5. The molecule has 5 nitrogen and oxygen atoms in total. The third kappa shape index (κ3) is 4.54. The second-order valence-corrected chi connectivity index (χ2v) is 8.29. The molecule has 1 aliphatic carbocycles. The summed E-state index contributed by atoms with van der Waals surface area (Å²) in [6.07, 6.45) is 5.48. The number of amides is 1. The molecule has 1 aromatic heterocycles. The highest BCUT2D eigenvalue weighted by Crippen LogP contribution is 2.35. The van der Waals surface area contributed by atoms with Gasteiger partial charge in [0.1, 0.15) is 10.8 Å². The predicted molar refractivity (Wildman–Crippen MR) is 105 cm³/mol. The Labute approximate surface area is 163 Å². The van der Waals surface area contributed by atoms with E-state index in [1.54, 1.807) is 6.92 Å². The zero-order valence-electron chi connectivity index (χ0n) is 15.3. The van der Waals surface area contributed by atoms with Crippen molar-refractivity contribution in [3.05, 3.63) is 33.3 Å². The van der Waals surface area contributed by atoms with Gasteiger partial charge in [-0.15, -0.1) is 10.2 Å². The first-order valence-electron chi connectivity index (χ1n) is 9.01. The fraction of sp³-hybridized carbons (Fsp3) is 0.526. The average molecular weight is 394 g/mol. The van der Waals surface area contributed by atoms with Crippen molar-refractivity contribution >= 4 is 34.0 Å². The number of aromatic nitrogens is 2. The summed E-state index contributed by atoms with van der Waals surface area (Å²) in [6.45, 7) is 5.56. The van der Waals surface area contributed by atoms with Gasteiger partial charge in [0.15, 0.2) is 6.10 Å². The number of halogens is 1. The molecule has 0 radical (unpaired) electrons. The number of hydrogen-bond donors (Lipinski definition) is 1. The van der Waals surface area contributed by atoms with E-state index in [0.29, 0.717) is 16.8 Å². The van der Waals surface area contributed by atoms with Crippen LogP contribution in [0, 0.1) is 13.8 Å². The minimum Gasteiger partial charge on any atom is -0.481 e. The maximum absolute atomic E-state index is 12.4. The number of carbonyl (C=O) groups is 1. The van der Waals surface area contributed by atoms with Gasteiger partial charge in [0.25, 0.3) is 5.91 Å². The molecule has 0 spiro atoms. The summed E-state index contributed by atoms with van der Waals surface area (Å²) in [4.78, 5) is 12.4. The van der Waals surface area contributed by atoms with Crippen LogP contribution in [0.25, 0.3) is 0 Å². The second kappa shape index (κ2) is 8.35. The third-order valence-electron chi connectivity index (χ3n) is 4.72. The van der Waals surface area contributed by atoms with Crippen LogP contribution in [-0.4, -0.2) is 22.2 Å². The molecule has 0 bridgehead atoms. The van der Waals surface area contributed by atoms with Crippen molar-refractivity contribution in [2.24, 2.45) is 0 Å². The Morgan fingerprint density at radius 3 is 2.54 bits per heavy atom. The summed E-state index contributed by atoms with van der Waals surface area (Å²) in [5.41, 5.74) is 1.85. The molecule has 26 heavy (non-hydrogen) atoms. The van der Waals surface area contributed by atoms with Gasteiger partial charge < -0.3 is 4.74 Å². The fourth-order valence-corrected chi connectivity index (χ4v) is 4.26. The molecule has 1 aromatic carbocycles.